The highest BCUT2D eigenvalue weighted by molar-refractivity contribution is 6.12. The number of hydrogen-bond donors (Lipinski definition) is 3. The van der Waals surface area contributed by atoms with Crippen LogP contribution in [-0.2, 0) is 0 Å². The lowest BCUT2D eigenvalue weighted by atomic mass is 10.1. The molecule has 0 bridgehead atoms. The van der Waals surface area contributed by atoms with Crippen LogP contribution in [0.3, 0.4) is 0 Å². The summed E-state index contributed by atoms with van der Waals surface area (Å²) in [5.74, 6) is -0.111. The van der Waals surface area contributed by atoms with Crippen molar-refractivity contribution in [1.29, 1.82) is 0 Å². The minimum Gasteiger partial charge on any atom is -0.370 e. The molecule has 18 heavy (non-hydrogen) atoms. The Labute approximate surface area is 111 Å². The number of carbonyl (C=O) groups excluding carboxylic acids is 1. The summed E-state index contributed by atoms with van der Waals surface area (Å²) in [5.41, 5.74) is 7.03. The van der Waals surface area contributed by atoms with Crippen LogP contribution in [0.5, 0.6) is 0 Å². The third-order valence-electron chi connectivity index (χ3n) is 2.40. The van der Waals surface area contributed by atoms with Crippen LogP contribution in [0, 0.1) is 0 Å². The Morgan fingerprint density at radius 3 is 2.89 bits per heavy atom. The fourth-order valence-electron chi connectivity index (χ4n) is 1.65. The van der Waals surface area contributed by atoms with Gasteiger partial charge >= 0.3 is 0 Å². The Hall–Kier alpha value is -2.01. The molecule has 0 spiro atoms. The van der Waals surface area contributed by atoms with Crippen LogP contribution in [0.4, 0.5) is 0 Å². The quantitative estimate of drug-likeness (QED) is 0.570. The summed E-state index contributed by atoms with van der Waals surface area (Å²) in [6.07, 6.45) is 1.67. The zero-order valence-electron chi connectivity index (χ0n) is 9.93. The first kappa shape index (κ1) is 14.1. The number of H-pyrrole nitrogens is 1. The molecular weight excluding hydrogens is 252 g/mol. The summed E-state index contributed by atoms with van der Waals surface area (Å²) in [7, 11) is 0. The first-order valence-corrected chi connectivity index (χ1v) is 5.39. The van der Waals surface area contributed by atoms with Gasteiger partial charge in [-0.2, -0.15) is 0 Å². The Morgan fingerprint density at radius 2 is 2.17 bits per heavy atom. The minimum absolute atomic E-state index is 0. The summed E-state index contributed by atoms with van der Waals surface area (Å²) in [6, 6.07) is 7.59. The number of aromatic amines is 1. The first-order chi connectivity index (χ1) is 8.22. The van der Waals surface area contributed by atoms with Gasteiger partial charge in [0.05, 0.1) is 5.56 Å². The molecule has 1 heterocycles. The van der Waals surface area contributed by atoms with Crippen LogP contribution in [0.15, 0.2) is 35.5 Å². The lowest BCUT2D eigenvalue weighted by molar-refractivity contribution is 0.0978. The Kier molecular flexibility index (Phi) is 4.74. The molecule has 0 unspecified atom stereocenters. The van der Waals surface area contributed by atoms with Crippen LogP contribution < -0.4 is 11.1 Å². The van der Waals surface area contributed by atoms with Gasteiger partial charge in [0.2, 0.25) is 0 Å². The maximum absolute atomic E-state index is 11.9. The van der Waals surface area contributed by atoms with Gasteiger partial charge in [-0.3, -0.25) is 15.1 Å². The van der Waals surface area contributed by atoms with E-state index < -0.39 is 0 Å². The van der Waals surface area contributed by atoms with Crippen molar-refractivity contribution in [2.75, 3.05) is 6.54 Å². The number of amides is 1. The van der Waals surface area contributed by atoms with Gasteiger partial charge in [-0.15, -0.1) is 12.4 Å². The number of hydrogen-bond acceptors (Lipinski definition) is 2. The van der Waals surface area contributed by atoms with Crippen molar-refractivity contribution in [2.24, 2.45) is 10.7 Å². The van der Waals surface area contributed by atoms with E-state index in [4.69, 9.17) is 5.73 Å². The van der Waals surface area contributed by atoms with E-state index in [1.54, 1.807) is 6.20 Å². The maximum Gasteiger partial charge on any atom is 0.260 e. The molecule has 0 aliphatic heterocycles. The average Bonchev–Trinajstić information content (AvgIpc) is 2.72. The van der Waals surface area contributed by atoms with E-state index in [-0.39, 0.29) is 24.3 Å². The van der Waals surface area contributed by atoms with E-state index in [1.807, 2.05) is 31.2 Å². The molecule has 0 saturated carbocycles. The van der Waals surface area contributed by atoms with Crippen LogP contribution in [0.2, 0.25) is 0 Å². The molecule has 2 rings (SSSR count). The molecule has 2 aromatic rings. The molecule has 0 aliphatic carbocycles. The van der Waals surface area contributed by atoms with Crippen molar-refractivity contribution in [3.63, 3.8) is 0 Å². The number of benzene rings is 1. The van der Waals surface area contributed by atoms with E-state index >= 15 is 0 Å². The number of aliphatic imine (C=N–C) groups is 1. The van der Waals surface area contributed by atoms with Gasteiger partial charge in [0.25, 0.3) is 5.91 Å². The Balaban J connectivity index is 0.00000162. The number of nitrogens with zero attached hydrogens (tertiary/aromatic N) is 1. The number of halogens is 1. The molecule has 6 heteroatoms. The van der Waals surface area contributed by atoms with E-state index in [9.17, 15) is 4.79 Å². The molecule has 0 fully saturated rings. The zero-order chi connectivity index (χ0) is 12.3. The lowest BCUT2D eigenvalue weighted by Gasteiger charge is -2.02. The third-order valence-corrected chi connectivity index (χ3v) is 2.40. The Morgan fingerprint density at radius 1 is 1.44 bits per heavy atom. The van der Waals surface area contributed by atoms with Crippen molar-refractivity contribution in [3.05, 3.63) is 36.0 Å². The number of aromatic nitrogens is 1. The van der Waals surface area contributed by atoms with Crippen molar-refractivity contribution in [2.45, 2.75) is 6.92 Å². The second-order valence-corrected chi connectivity index (χ2v) is 3.56. The number of fused-ring (bicyclic) bond motifs is 1. The number of guanidine groups is 1. The minimum atomic E-state index is -0.253. The third kappa shape index (κ3) is 2.81. The van der Waals surface area contributed by atoms with Crippen molar-refractivity contribution >= 4 is 35.2 Å². The largest absolute Gasteiger partial charge is 0.370 e. The fourth-order valence-corrected chi connectivity index (χ4v) is 1.65. The first-order valence-electron chi connectivity index (χ1n) is 5.39. The zero-order valence-corrected chi connectivity index (χ0v) is 10.8. The van der Waals surface area contributed by atoms with E-state index in [1.165, 1.54) is 0 Å². The molecule has 5 nitrogen and oxygen atoms in total. The smallest absolute Gasteiger partial charge is 0.260 e. The summed E-state index contributed by atoms with van der Waals surface area (Å²) in [6.45, 7) is 2.39. The average molecular weight is 267 g/mol. The van der Waals surface area contributed by atoms with E-state index in [2.05, 4.69) is 15.3 Å². The van der Waals surface area contributed by atoms with Crippen LogP contribution in [-0.4, -0.2) is 23.4 Å². The van der Waals surface area contributed by atoms with Crippen LogP contribution in [0.1, 0.15) is 17.3 Å². The summed E-state index contributed by atoms with van der Waals surface area (Å²) >= 11 is 0. The van der Waals surface area contributed by atoms with Gasteiger partial charge in [-0.25, -0.2) is 0 Å². The van der Waals surface area contributed by atoms with Gasteiger partial charge in [0, 0.05) is 23.6 Å². The summed E-state index contributed by atoms with van der Waals surface area (Å²) < 4.78 is 0. The summed E-state index contributed by atoms with van der Waals surface area (Å²) in [4.78, 5) is 18.9. The predicted molar refractivity (Wildman–Crippen MR) is 75.2 cm³/mol. The second-order valence-electron chi connectivity index (χ2n) is 3.56. The highest BCUT2D eigenvalue weighted by Crippen LogP contribution is 2.17. The summed E-state index contributed by atoms with van der Waals surface area (Å²) in [5, 5.41) is 3.41. The molecule has 0 atom stereocenters. The van der Waals surface area contributed by atoms with Crippen LogP contribution >= 0.6 is 12.4 Å². The van der Waals surface area contributed by atoms with Gasteiger partial charge in [0.1, 0.15) is 0 Å². The number of rotatable bonds is 2. The highest BCUT2D eigenvalue weighted by Gasteiger charge is 2.11. The topological polar surface area (TPSA) is 83.3 Å². The van der Waals surface area contributed by atoms with E-state index in [0.29, 0.717) is 12.1 Å². The van der Waals surface area contributed by atoms with E-state index in [0.717, 1.165) is 10.9 Å². The molecule has 1 aromatic carbocycles. The maximum atomic E-state index is 11.9. The van der Waals surface area contributed by atoms with Gasteiger partial charge < -0.3 is 10.7 Å². The molecular formula is C12H15ClN4O. The fraction of sp³-hybridized carbons (Fsp3) is 0.167. The lowest BCUT2D eigenvalue weighted by Crippen LogP contribution is -2.36. The normalized spacial score (nSPS) is 11.1. The Bertz CT molecular complexity index is 576. The predicted octanol–water partition coefficient (Wildman–Crippen LogP) is 1.65. The standard InChI is InChI=1S/C12H14N4O.ClH/c1-2-14-12(13)16-11(17)9-7-15-10-6-4-3-5-8(9)10;/h3-7,15H,2H2,1H3,(H3,13,14,16,17);1H. The molecule has 1 amide bonds. The molecule has 0 radical (unpaired) electrons. The second kappa shape index (κ2) is 6.07. The van der Waals surface area contributed by atoms with Gasteiger partial charge in [-0.1, -0.05) is 18.2 Å². The number of nitrogens with two attached hydrogens (primary N) is 1. The molecule has 96 valence electrons. The molecule has 1 aromatic heterocycles. The highest BCUT2D eigenvalue weighted by atomic mass is 35.5. The van der Waals surface area contributed by atoms with Gasteiger partial charge in [-0.05, 0) is 13.0 Å². The molecule has 0 aliphatic rings. The number of para-hydroxylation sites is 1. The van der Waals surface area contributed by atoms with Crippen LogP contribution in [0.25, 0.3) is 10.9 Å². The SMILES string of the molecule is CCN=C(N)NC(=O)c1c[nH]c2ccccc12.Cl. The number of nitrogens with one attached hydrogen (secondary N) is 2. The van der Waals surface area contributed by atoms with Gasteiger partial charge in [0.15, 0.2) is 5.96 Å². The molecule has 4 N–H and O–H groups in total. The van der Waals surface area contributed by atoms with Crippen molar-refractivity contribution in [3.8, 4) is 0 Å². The molecule has 0 saturated heterocycles. The number of carbonyl (C=O) groups is 1. The van der Waals surface area contributed by atoms with Crippen molar-refractivity contribution < 1.29 is 4.79 Å². The monoisotopic (exact) mass is 266 g/mol. The van der Waals surface area contributed by atoms with Crippen molar-refractivity contribution in [1.82, 2.24) is 10.3 Å².